The molecule has 4 aliphatic rings. The van der Waals surface area contributed by atoms with Gasteiger partial charge in [0.15, 0.2) is 11.7 Å². The van der Waals surface area contributed by atoms with Crippen LogP contribution >= 0.6 is 0 Å². The van der Waals surface area contributed by atoms with E-state index >= 15 is 0 Å². The van der Waals surface area contributed by atoms with E-state index in [0.717, 1.165) is 23.5 Å². The summed E-state index contributed by atoms with van der Waals surface area (Å²) in [6.07, 6.45) is 2.55. The van der Waals surface area contributed by atoms with E-state index in [9.17, 15) is 4.48 Å². The quantitative estimate of drug-likeness (QED) is 0.768. The molecule has 26 heavy (non-hydrogen) atoms. The molecule has 8 nitrogen and oxygen atoms in total. The first-order valence-corrected chi connectivity index (χ1v) is 8.67. The Morgan fingerprint density at radius 1 is 1.27 bits per heavy atom. The predicted octanol–water partition coefficient (Wildman–Crippen LogP) is 2.41. The van der Waals surface area contributed by atoms with Gasteiger partial charge in [-0.3, -0.25) is 0 Å². The molecule has 0 spiro atoms. The third kappa shape index (κ3) is 1.80. The highest BCUT2D eigenvalue weighted by Crippen LogP contribution is 2.47. The lowest BCUT2D eigenvalue weighted by Crippen LogP contribution is -2.49. The molecule has 4 heterocycles. The van der Waals surface area contributed by atoms with Crippen LogP contribution < -0.4 is 9.91 Å². The number of hydrogen-bond acceptors (Lipinski definition) is 8. The Bertz CT molecular complexity index is 970. The van der Waals surface area contributed by atoms with Crippen LogP contribution in [-0.2, 0) is 0 Å². The third-order valence-corrected chi connectivity index (χ3v) is 5.35. The van der Waals surface area contributed by atoms with Gasteiger partial charge in [0, 0.05) is 11.5 Å². The maximum atomic E-state index is 14.0. The van der Waals surface area contributed by atoms with Gasteiger partial charge < -0.3 is 9.42 Å². The Balaban J connectivity index is 1.43. The molecule has 0 amide bonds. The zero-order valence-corrected chi connectivity index (χ0v) is 14.1. The molecule has 0 bridgehead atoms. The lowest BCUT2D eigenvalue weighted by atomic mass is 10.1. The molecule has 132 valence electrons. The maximum Gasteiger partial charge on any atom is 0.287 e. The van der Waals surface area contributed by atoms with E-state index in [0.29, 0.717) is 41.3 Å². The predicted molar refractivity (Wildman–Crippen MR) is 91.4 cm³/mol. The summed E-state index contributed by atoms with van der Waals surface area (Å²) in [5, 5.41) is 8.50. The summed E-state index contributed by atoms with van der Waals surface area (Å²) in [6, 6.07) is 7.88. The minimum atomic E-state index is 0.140. The van der Waals surface area contributed by atoms with E-state index in [4.69, 9.17) is 4.52 Å². The zero-order chi connectivity index (χ0) is 17.4. The zero-order valence-electron chi connectivity index (χ0n) is 14.1. The van der Waals surface area contributed by atoms with Gasteiger partial charge in [0.25, 0.3) is 5.95 Å². The fourth-order valence-electron chi connectivity index (χ4n) is 3.82. The van der Waals surface area contributed by atoms with Crippen molar-refractivity contribution in [1.82, 2.24) is 20.3 Å². The van der Waals surface area contributed by atoms with Crippen molar-refractivity contribution in [1.29, 1.82) is 0 Å². The summed E-state index contributed by atoms with van der Waals surface area (Å²) in [6.45, 7) is 2.67. The Labute approximate surface area is 148 Å². The number of fused-ring (bicyclic) bond motifs is 6. The first-order valence-electron chi connectivity index (χ1n) is 8.67. The summed E-state index contributed by atoms with van der Waals surface area (Å²) in [7, 11) is 0. The fraction of sp³-hybridized carbons (Fsp3) is 0.353. The number of anilines is 2. The van der Waals surface area contributed by atoms with E-state index in [1.165, 1.54) is 6.20 Å². The molecule has 1 saturated carbocycles. The topological polar surface area (TPSA) is 64.2 Å². The molecule has 9 heteroatoms. The second-order valence-corrected chi connectivity index (χ2v) is 7.06. The van der Waals surface area contributed by atoms with Crippen LogP contribution in [0.15, 0.2) is 45.8 Å². The van der Waals surface area contributed by atoms with Gasteiger partial charge in [0.05, 0.1) is 11.9 Å². The van der Waals surface area contributed by atoms with Crippen LogP contribution in [0.25, 0.3) is 0 Å². The van der Waals surface area contributed by atoms with Gasteiger partial charge in [-0.2, -0.15) is 10.1 Å². The maximum absolute atomic E-state index is 14.0. The van der Waals surface area contributed by atoms with Gasteiger partial charge in [-0.25, -0.2) is 15.0 Å². The van der Waals surface area contributed by atoms with Crippen molar-refractivity contribution in [3.8, 4) is 0 Å². The van der Waals surface area contributed by atoms with Crippen molar-refractivity contribution in [2.75, 3.05) is 23.2 Å². The summed E-state index contributed by atoms with van der Waals surface area (Å²) in [5.74, 6) is 3.52. The van der Waals surface area contributed by atoms with Gasteiger partial charge in [0.2, 0.25) is 5.89 Å². The van der Waals surface area contributed by atoms with Gasteiger partial charge >= 0.3 is 0 Å². The van der Waals surface area contributed by atoms with Crippen molar-refractivity contribution in [3.05, 3.63) is 47.7 Å². The van der Waals surface area contributed by atoms with Crippen molar-refractivity contribution < 1.29 is 9.00 Å². The van der Waals surface area contributed by atoms with E-state index in [2.05, 4.69) is 22.1 Å². The highest BCUT2D eigenvalue weighted by molar-refractivity contribution is 6.08. The summed E-state index contributed by atoms with van der Waals surface area (Å²) < 4.78 is 19.5. The number of nitrogens with zero attached hydrogens (tertiary/aromatic N) is 7. The smallest absolute Gasteiger partial charge is 0.287 e. The molecule has 2 aromatic rings. The number of hydrogen-bond donors (Lipinski definition) is 0. The number of aliphatic imine (C=N–C) groups is 1. The van der Waals surface area contributed by atoms with Crippen LogP contribution in [0.4, 0.5) is 16.1 Å². The van der Waals surface area contributed by atoms with Gasteiger partial charge in [-0.1, -0.05) is 23.5 Å². The van der Waals surface area contributed by atoms with Gasteiger partial charge in [-0.15, -0.1) is 0 Å². The van der Waals surface area contributed by atoms with Crippen LogP contribution in [0.5, 0.6) is 0 Å². The molecular weight excluding hydrogens is 337 g/mol. The van der Waals surface area contributed by atoms with Crippen molar-refractivity contribution in [2.45, 2.75) is 19.3 Å². The summed E-state index contributed by atoms with van der Waals surface area (Å²) >= 11 is 0. The molecular formula is C17H16FN7O. The van der Waals surface area contributed by atoms with E-state index < -0.39 is 0 Å². The molecule has 6 rings (SSSR count). The number of benzene rings is 1. The number of aromatic nitrogens is 2. The van der Waals surface area contributed by atoms with Crippen LogP contribution in [0, 0.1) is 5.92 Å². The molecule has 1 aromatic carbocycles. The van der Waals surface area contributed by atoms with Crippen molar-refractivity contribution >= 4 is 17.5 Å². The van der Waals surface area contributed by atoms with Crippen LogP contribution in [-0.4, -0.2) is 39.4 Å². The number of hydrazine groups is 1. The molecule has 3 aliphatic heterocycles. The monoisotopic (exact) mass is 353 g/mol. The van der Waals surface area contributed by atoms with Gasteiger partial charge in [-0.05, 0) is 29.6 Å². The molecule has 0 N–H and O–H groups in total. The minimum absolute atomic E-state index is 0.140. The van der Waals surface area contributed by atoms with E-state index in [-0.39, 0.29) is 6.67 Å². The Kier molecular flexibility index (Phi) is 2.58. The molecule has 0 radical (unpaired) electrons. The standard InChI is InChI=1S/C17H16FN7O/c1-10-6-12(10)16-20-17(21-26-16)24-8-19-15-11-4-2-3-5-13(11)23-9-22(18)7-14(23)25(15)24/h2-5,7,10,12H,6,8-9H2,1H3. The second kappa shape index (κ2) is 4.75. The van der Waals surface area contributed by atoms with Crippen LogP contribution in [0.1, 0.15) is 30.7 Å². The summed E-state index contributed by atoms with van der Waals surface area (Å²) in [4.78, 5) is 11.1. The van der Waals surface area contributed by atoms with E-state index in [1.54, 1.807) is 0 Å². The number of rotatable bonds is 2. The number of para-hydroxylation sites is 1. The Morgan fingerprint density at radius 3 is 2.96 bits per heavy atom. The normalized spacial score (nSPS) is 25.8. The van der Waals surface area contributed by atoms with E-state index in [1.807, 2.05) is 39.2 Å². The third-order valence-electron chi connectivity index (χ3n) is 5.35. The highest BCUT2D eigenvalue weighted by atomic mass is 19.2. The van der Waals surface area contributed by atoms with Crippen molar-refractivity contribution in [2.24, 2.45) is 10.9 Å². The minimum Gasteiger partial charge on any atom is -0.337 e. The lowest BCUT2D eigenvalue weighted by molar-refractivity contribution is 0.104. The first kappa shape index (κ1) is 14.1. The number of amidine groups is 1. The second-order valence-electron chi connectivity index (χ2n) is 7.06. The first-order chi connectivity index (χ1) is 12.7. The molecule has 1 aromatic heterocycles. The average molecular weight is 353 g/mol. The molecule has 0 saturated heterocycles. The molecule has 1 aliphatic carbocycles. The Hall–Kier alpha value is -3.10. The molecule has 2 unspecified atom stereocenters. The SMILES string of the molecule is CC1CC1c1nc(N2CN=C3c4ccccc4N4CN(F)C=C4N32)no1. The largest absolute Gasteiger partial charge is 0.337 e. The molecule has 2 atom stereocenters. The van der Waals surface area contributed by atoms with Crippen LogP contribution in [0.2, 0.25) is 0 Å². The Morgan fingerprint density at radius 2 is 2.12 bits per heavy atom. The average Bonchev–Trinajstić information content (AvgIpc) is 3.05. The highest BCUT2D eigenvalue weighted by Gasteiger charge is 2.44. The molecule has 1 fully saturated rings. The van der Waals surface area contributed by atoms with Crippen LogP contribution in [0.3, 0.4) is 0 Å². The lowest BCUT2D eigenvalue weighted by Gasteiger charge is -2.39. The summed E-state index contributed by atoms with van der Waals surface area (Å²) in [5.41, 5.74) is 1.90. The van der Waals surface area contributed by atoms with Crippen molar-refractivity contribution in [3.63, 3.8) is 0 Å². The fourth-order valence-corrected chi connectivity index (χ4v) is 3.82. The number of halogens is 1. The van der Waals surface area contributed by atoms with Gasteiger partial charge in [0.1, 0.15) is 13.3 Å².